The molecule has 8 aliphatic rings. The monoisotopic (exact) mass is 915 g/mol. The molecule has 0 atom stereocenters. The minimum Gasteiger partial charge on any atom is -0.507 e. The standard InChI is InChI=1S/C57H65NO2.2CH3.Zr/c1-54(2,3)40-24-46(53(60)49(25-40)57-31-37-21-38(32-57)23-39(22-37)33-57)42-13-8-10-15-44(42)51-17-11-16-50(58-51)43-14-9-7-12-41(43)45-26-47(55(4,5)6)48(27-52(45)59)56-28-34-18-35(29-56)20-36(19-34)30-56;;;/h7-17,24-27,34-39,59-60H,18-23,28-33H2,1-6H3;2*1H3;/q;2*-1;+2. The molecule has 0 saturated heterocycles. The Hall–Kier alpha value is -3.49. The van der Waals surface area contributed by atoms with Gasteiger partial charge in [-0.2, -0.15) is 0 Å². The predicted octanol–water partition coefficient (Wildman–Crippen LogP) is 15.6. The van der Waals surface area contributed by atoms with Crippen molar-refractivity contribution in [1.29, 1.82) is 0 Å². The number of hydrogen-bond donors (Lipinski definition) is 2. The van der Waals surface area contributed by atoms with Crippen LogP contribution in [0.15, 0.2) is 91.0 Å². The van der Waals surface area contributed by atoms with Crippen molar-refractivity contribution < 1.29 is 36.4 Å². The van der Waals surface area contributed by atoms with Gasteiger partial charge in [-0.15, -0.1) is 0 Å². The summed E-state index contributed by atoms with van der Waals surface area (Å²) < 4.78 is 0. The van der Waals surface area contributed by atoms with Gasteiger partial charge in [0, 0.05) is 27.8 Å². The van der Waals surface area contributed by atoms with E-state index in [0.717, 1.165) is 80.3 Å². The Balaban J connectivity index is 0.00000181. The number of hydrogen-bond acceptors (Lipinski definition) is 3. The van der Waals surface area contributed by atoms with Crippen LogP contribution in [0.3, 0.4) is 0 Å². The second kappa shape index (κ2) is 16.4. The fourth-order valence-electron chi connectivity index (χ4n) is 15.0. The maximum Gasteiger partial charge on any atom is 2.00 e. The third-order valence-corrected chi connectivity index (χ3v) is 16.9. The smallest absolute Gasteiger partial charge is 0.507 e. The van der Waals surface area contributed by atoms with Crippen LogP contribution < -0.4 is 0 Å². The SMILES string of the molecule is CC(C)(C)c1cc(-c2ccccc2-c2cccc(-c3ccccc3-c3cc(C(C)(C)C)c(C45CC6CC(CC(C6)C4)C5)cc3O)n2)c(O)c(C23CC4CC(CC(C4)C2)C3)c1.[CH3-].[CH3-].[Zr+2]. The Morgan fingerprint density at radius 1 is 0.460 bits per heavy atom. The molecule has 0 radical (unpaired) electrons. The molecule has 8 bridgehead atoms. The topological polar surface area (TPSA) is 53.4 Å². The molecule has 3 nitrogen and oxygen atoms in total. The molecule has 0 spiro atoms. The number of phenols is 2. The molecular formula is C59H71NO2Zr. The first-order valence-electron chi connectivity index (χ1n) is 23.6. The Labute approximate surface area is 399 Å². The minimum absolute atomic E-state index is 0. The zero-order valence-corrected chi connectivity index (χ0v) is 41.9. The van der Waals surface area contributed by atoms with E-state index in [9.17, 15) is 10.2 Å². The molecule has 0 amide bonds. The number of nitrogens with zero attached hydrogens (tertiary/aromatic N) is 1. The Morgan fingerprint density at radius 2 is 0.873 bits per heavy atom. The van der Waals surface area contributed by atoms with Crippen molar-refractivity contribution in [3.05, 3.63) is 128 Å². The summed E-state index contributed by atoms with van der Waals surface area (Å²) in [7, 11) is 0. The van der Waals surface area contributed by atoms with Crippen molar-refractivity contribution in [2.45, 2.75) is 140 Å². The number of aromatic nitrogens is 1. The first kappa shape index (κ1) is 46.1. The maximum atomic E-state index is 12.6. The summed E-state index contributed by atoms with van der Waals surface area (Å²) >= 11 is 0. The van der Waals surface area contributed by atoms with E-state index in [2.05, 4.69) is 133 Å². The van der Waals surface area contributed by atoms with Crippen LogP contribution in [0.25, 0.3) is 44.8 Å². The van der Waals surface area contributed by atoms with Gasteiger partial charge >= 0.3 is 26.2 Å². The van der Waals surface area contributed by atoms with E-state index in [1.165, 1.54) is 99.3 Å². The van der Waals surface area contributed by atoms with E-state index in [4.69, 9.17) is 4.98 Å². The van der Waals surface area contributed by atoms with Crippen LogP contribution in [-0.2, 0) is 47.9 Å². The summed E-state index contributed by atoms with van der Waals surface area (Å²) in [6.45, 7) is 14.0. The summed E-state index contributed by atoms with van der Waals surface area (Å²) in [5.74, 6) is 5.75. The summed E-state index contributed by atoms with van der Waals surface area (Å²) in [4.78, 5) is 5.45. The first-order valence-corrected chi connectivity index (χ1v) is 23.6. The van der Waals surface area contributed by atoms with E-state index in [1.807, 2.05) is 0 Å². The molecule has 0 aliphatic heterocycles. The first-order chi connectivity index (χ1) is 28.6. The van der Waals surface area contributed by atoms with E-state index in [-0.39, 0.29) is 62.7 Å². The van der Waals surface area contributed by atoms with Crippen LogP contribution in [0.5, 0.6) is 11.5 Å². The number of benzene rings is 4. The maximum absolute atomic E-state index is 12.6. The zero-order valence-electron chi connectivity index (χ0n) is 39.5. The van der Waals surface area contributed by atoms with Gasteiger partial charge < -0.3 is 25.1 Å². The summed E-state index contributed by atoms with van der Waals surface area (Å²) in [5, 5.41) is 24.7. The second-order valence-electron chi connectivity index (χ2n) is 23.2. The molecule has 8 fully saturated rings. The third-order valence-electron chi connectivity index (χ3n) is 16.9. The van der Waals surface area contributed by atoms with Crippen LogP contribution in [0.1, 0.15) is 141 Å². The van der Waals surface area contributed by atoms with Crippen molar-refractivity contribution in [1.82, 2.24) is 4.98 Å². The molecule has 1 aromatic heterocycles. The molecule has 0 unspecified atom stereocenters. The third kappa shape index (κ3) is 7.83. The molecule has 5 aromatic rings. The molecule has 328 valence electrons. The predicted molar refractivity (Wildman–Crippen MR) is 259 cm³/mol. The number of phenolic OH excluding ortho intramolecular Hbond substituents is 2. The molecule has 4 heteroatoms. The van der Waals surface area contributed by atoms with Crippen LogP contribution >= 0.6 is 0 Å². The minimum atomic E-state index is -0.0673. The zero-order chi connectivity index (χ0) is 41.3. The Morgan fingerprint density at radius 3 is 1.30 bits per heavy atom. The van der Waals surface area contributed by atoms with Crippen LogP contribution in [-0.4, -0.2) is 15.2 Å². The van der Waals surface area contributed by atoms with E-state index >= 15 is 0 Å². The molecule has 63 heavy (non-hydrogen) atoms. The van der Waals surface area contributed by atoms with Gasteiger partial charge in [-0.1, -0.05) is 102 Å². The summed E-state index contributed by atoms with van der Waals surface area (Å²) in [6, 6.07) is 32.6. The molecular weight excluding hydrogens is 846 g/mol. The van der Waals surface area contributed by atoms with E-state index in [0.29, 0.717) is 11.5 Å². The van der Waals surface area contributed by atoms with Gasteiger partial charge in [-0.3, -0.25) is 0 Å². The Bertz CT molecular complexity index is 2450. The van der Waals surface area contributed by atoms with Crippen molar-refractivity contribution in [3.63, 3.8) is 0 Å². The average Bonchev–Trinajstić information content (AvgIpc) is 3.19. The van der Waals surface area contributed by atoms with Gasteiger partial charge in [0.05, 0.1) is 11.4 Å². The number of aromatic hydroxyl groups is 2. The van der Waals surface area contributed by atoms with Gasteiger partial charge in [0.15, 0.2) is 0 Å². The van der Waals surface area contributed by atoms with Crippen molar-refractivity contribution in [2.75, 3.05) is 0 Å². The largest absolute Gasteiger partial charge is 2.00 e. The molecule has 1 heterocycles. The van der Waals surface area contributed by atoms with Crippen LogP contribution in [0.4, 0.5) is 0 Å². The second-order valence-corrected chi connectivity index (χ2v) is 23.2. The van der Waals surface area contributed by atoms with Crippen LogP contribution in [0, 0.1) is 50.4 Å². The summed E-state index contributed by atoms with van der Waals surface area (Å²) in [6.07, 6.45) is 15.8. The number of pyridine rings is 1. The van der Waals surface area contributed by atoms with Gasteiger partial charge in [0.2, 0.25) is 0 Å². The van der Waals surface area contributed by atoms with Crippen molar-refractivity contribution in [2.24, 2.45) is 35.5 Å². The molecule has 8 aliphatic carbocycles. The number of rotatable bonds is 6. The fourth-order valence-corrected chi connectivity index (χ4v) is 15.0. The van der Waals surface area contributed by atoms with Gasteiger partial charge in [-0.25, -0.2) is 4.98 Å². The van der Waals surface area contributed by atoms with Crippen molar-refractivity contribution in [3.8, 4) is 56.3 Å². The van der Waals surface area contributed by atoms with Gasteiger partial charge in [0.25, 0.3) is 0 Å². The van der Waals surface area contributed by atoms with E-state index < -0.39 is 0 Å². The van der Waals surface area contributed by atoms with Gasteiger partial charge in [0.1, 0.15) is 11.5 Å². The molecule has 4 aromatic carbocycles. The quantitative estimate of drug-likeness (QED) is 0.167. The summed E-state index contributed by atoms with van der Waals surface area (Å²) in [5.41, 5.74) is 13.0. The fraction of sp³-hybridized carbons (Fsp3) is 0.475. The van der Waals surface area contributed by atoms with Crippen molar-refractivity contribution >= 4 is 0 Å². The molecule has 8 saturated carbocycles. The van der Waals surface area contributed by atoms with Crippen LogP contribution in [0.2, 0.25) is 0 Å². The average molecular weight is 917 g/mol. The molecule has 2 N–H and O–H groups in total. The van der Waals surface area contributed by atoms with E-state index in [1.54, 1.807) is 0 Å². The van der Waals surface area contributed by atoms with Gasteiger partial charge in [-0.05, 0) is 192 Å². The molecule has 13 rings (SSSR count). The Kier molecular flexibility index (Phi) is 12.0. The normalized spacial score (nSPS) is 28.9.